The fourth-order valence-electron chi connectivity index (χ4n) is 2.71. The van der Waals surface area contributed by atoms with Crippen LogP contribution in [-0.2, 0) is 16.1 Å². The van der Waals surface area contributed by atoms with Gasteiger partial charge in [-0.3, -0.25) is 4.79 Å². The predicted octanol–water partition coefficient (Wildman–Crippen LogP) is 1.77. The largest absolute Gasteiger partial charge is 0.484 e. The molecule has 0 aromatic heterocycles. The van der Waals surface area contributed by atoms with Crippen LogP contribution in [0.4, 0.5) is 5.69 Å². The van der Waals surface area contributed by atoms with Crippen molar-refractivity contribution in [1.82, 2.24) is 0 Å². The number of hydrogen-bond donors (Lipinski definition) is 2. The van der Waals surface area contributed by atoms with Crippen molar-refractivity contribution in [1.29, 1.82) is 0 Å². The molecule has 1 aliphatic rings. The minimum atomic E-state index is -0.193. The van der Waals surface area contributed by atoms with Gasteiger partial charge >= 0.3 is 0 Å². The monoisotopic (exact) mass is 361 g/mol. The van der Waals surface area contributed by atoms with Crippen LogP contribution in [0.25, 0.3) is 0 Å². The van der Waals surface area contributed by atoms with E-state index in [9.17, 15) is 4.79 Å². The number of quaternary nitrogens is 1. The van der Waals surface area contributed by atoms with Crippen LogP contribution in [0.1, 0.15) is 5.56 Å². The van der Waals surface area contributed by atoms with Gasteiger partial charge in [0.1, 0.15) is 25.4 Å². The number of nitrogens with one attached hydrogen (secondary N) is 2. The molecule has 1 aliphatic heterocycles. The predicted molar refractivity (Wildman–Crippen MR) is 97.2 cm³/mol. The molecule has 6 heteroatoms. The van der Waals surface area contributed by atoms with Gasteiger partial charge in [0, 0.05) is 16.3 Å². The summed E-state index contributed by atoms with van der Waals surface area (Å²) in [5.74, 6) is 0.421. The number of carbonyl (C=O) groups excluding carboxylic acids is 1. The Kier molecular flexibility index (Phi) is 6.28. The highest BCUT2D eigenvalue weighted by Gasteiger charge is 2.14. The average molecular weight is 362 g/mol. The van der Waals surface area contributed by atoms with E-state index in [1.165, 1.54) is 10.5 Å². The molecule has 25 heavy (non-hydrogen) atoms. The number of hydrogen-bond acceptors (Lipinski definition) is 3. The highest BCUT2D eigenvalue weighted by molar-refractivity contribution is 6.30. The van der Waals surface area contributed by atoms with Gasteiger partial charge in [-0.2, -0.15) is 0 Å². The smallest absolute Gasteiger partial charge is 0.262 e. The van der Waals surface area contributed by atoms with Crippen molar-refractivity contribution < 1.29 is 19.2 Å². The summed E-state index contributed by atoms with van der Waals surface area (Å²) < 4.78 is 10.8. The second kappa shape index (κ2) is 8.85. The van der Waals surface area contributed by atoms with Gasteiger partial charge in [-0.1, -0.05) is 23.7 Å². The van der Waals surface area contributed by atoms with E-state index in [1.807, 2.05) is 12.1 Å². The molecule has 3 rings (SSSR count). The third-order valence-corrected chi connectivity index (χ3v) is 4.33. The molecule has 0 bridgehead atoms. The first-order valence-electron chi connectivity index (χ1n) is 8.37. The first-order chi connectivity index (χ1) is 12.2. The number of halogens is 1. The minimum absolute atomic E-state index is 0.0404. The fourth-order valence-corrected chi connectivity index (χ4v) is 2.83. The summed E-state index contributed by atoms with van der Waals surface area (Å²) in [4.78, 5) is 13.5. The Labute approximate surface area is 152 Å². The Balaban J connectivity index is 1.45. The number of amides is 1. The van der Waals surface area contributed by atoms with Crippen LogP contribution in [0.5, 0.6) is 5.75 Å². The Bertz CT molecular complexity index is 683. The Morgan fingerprint density at radius 3 is 2.44 bits per heavy atom. The molecule has 1 fully saturated rings. The van der Waals surface area contributed by atoms with Gasteiger partial charge in [-0.05, 0) is 36.4 Å². The summed E-state index contributed by atoms with van der Waals surface area (Å²) in [6, 6.07) is 14.9. The normalized spacial score (nSPS) is 14.9. The van der Waals surface area contributed by atoms with E-state index in [0.29, 0.717) is 10.8 Å². The number of benzene rings is 2. The minimum Gasteiger partial charge on any atom is -0.484 e. The molecule has 2 aromatic carbocycles. The molecule has 132 valence electrons. The SMILES string of the molecule is O=C(COc1ccc(Cl)cc1)Nc1ccc(C[NH+]2CCOCC2)cc1. The van der Waals surface area contributed by atoms with E-state index >= 15 is 0 Å². The zero-order valence-electron chi connectivity index (χ0n) is 14.0. The van der Waals surface area contributed by atoms with Gasteiger partial charge in [0.2, 0.25) is 0 Å². The zero-order chi connectivity index (χ0) is 17.5. The van der Waals surface area contributed by atoms with Gasteiger partial charge in [0.05, 0.1) is 13.2 Å². The molecule has 0 unspecified atom stereocenters. The van der Waals surface area contributed by atoms with E-state index in [2.05, 4.69) is 17.4 Å². The maximum atomic E-state index is 12.0. The lowest BCUT2D eigenvalue weighted by Crippen LogP contribution is -3.12. The maximum Gasteiger partial charge on any atom is 0.262 e. The van der Waals surface area contributed by atoms with Crippen molar-refractivity contribution in [3.05, 3.63) is 59.1 Å². The maximum absolute atomic E-state index is 12.0. The standard InChI is InChI=1S/C19H21ClN2O3/c20-16-3-7-18(8-4-16)25-14-19(23)21-17-5-1-15(2-6-17)13-22-9-11-24-12-10-22/h1-8H,9-14H2,(H,21,23)/p+1. The lowest BCUT2D eigenvalue weighted by atomic mass is 10.2. The second-order valence-corrected chi connectivity index (χ2v) is 6.46. The van der Waals surface area contributed by atoms with Crippen LogP contribution in [0, 0.1) is 0 Å². The van der Waals surface area contributed by atoms with Crippen LogP contribution in [0.3, 0.4) is 0 Å². The quantitative estimate of drug-likeness (QED) is 0.824. The van der Waals surface area contributed by atoms with Crippen molar-refractivity contribution in [3.63, 3.8) is 0 Å². The van der Waals surface area contributed by atoms with Gasteiger partial charge in [0.25, 0.3) is 5.91 Å². The second-order valence-electron chi connectivity index (χ2n) is 6.03. The summed E-state index contributed by atoms with van der Waals surface area (Å²) in [5, 5.41) is 3.47. The first-order valence-corrected chi connectivity index (χ1v) is 8.75. The van der Waals surface area contributed by atoms with E-state index in [1.54, 1.807) is 24.3 Å². The summed E-state index contributed by atoms with van der Waals surface area (Å²) in [7, 11) is 0. The topological polar surface area (TPSA) is 52.0 Å². The number of ether oxygens (including phenoxy) is 2. The summed E-state index contributed by atoms with van der Waals surface area (Å²) in [5.41, 5.74) is 2.03. The van der Waals surface area contributed by atoms with E-state index < -0.39 is 0 Å². The molecule has 2 N–H and O–H groups in total. The van der Waals surface area contributed by atoms with Crippen molar-refractivity contribution >= 4 is 23.2 Å². The molecular formula is C19H22ClN2O3+. The van der Waals surface area contributed by atoms with Crippen molar-refractivity contribution in [2.75, 3.05) is 38.2 Å². The van der Waals surface area contributed by atoms with Crippen LogP contribution in [0.15, 0.2) is 48.5 Å². The van der Waals surface area contributed by atoms with E-state index in [0.717, 1.165) is 38.5 Å². The Morgan fingerprint density at radius 2 is 1.76 bits per heavy atom. The third kappa shape index (κ3) is 5.74. The molecule has 0 saturated carbocycles. The number of anilines is 1. The lowest BCUT2D eigenvalue weighted by Gasteiger charge is -2.23. The Morgan fingerprint density at radius 1 is 1.08 bits per heavy atom. The molecule has 0 radical (unpaired) electrons. The van der Waals surface area contributed by atoms with Crippen LogP contribution in [-0.4, -0.2) is 38.8 Å². The van der Waals surface area contributed by atoms with Crippen molar-refractivity contribution in [3.8, 4) is 5.75 Å². The van der Waals surface area contributed by atoms with Crippen LogP contribution < -0.4 is 15.0 Å². The summed E-state index contributed by atoms with van der Waals surface area (Å²) >= 11 is 5.81. The number of morpholine rings is 1. The molecule has 5 nitrogen and oxygen atoms in total. The molecule has 0 spiro atoms. The molecule has 0 atom stereocenters. The van der Waals surface area contributed by atoms with E-state index in [4.69, 9.17) is 21.1 Å². The fraction of sp³-hybridized carbons (Fsp3) is 0.316. The lowest BCUT2D eigenvalue weighted by molar-refractivity contribution is -0.921. The first kappa shape index (κ1) is 17.7. The highest BCUT2D eigenvalue weighted by Crippen LogP contribution is 2.15. The zero-order valence-corrected chi connectivity index (χ0v) is 14.7. The van der Waals surface area contributed by atoms with Gasteiger partial charge in [0.15, 0.2) is 6.61 Å². The van der Waals surface area contributed by atoms with Crippen LogP contribution in [0.2, 0.25) is 5.02 Å². The van der Waals surface area contributed by atoms with Gasteiger partial charge in [-0.15, -0.1) is 0 Å². The highest BCUT2D eigenvalue weighted by atomic mass is 35.5. The van der Waals surface area contributed by atoms with Gasteiger partial charge < -0.3 is 19.7 Å². The molecular weight excluding hydrogens is 340 g/mol. The Hall–Kier alpha value is -2.08. The summed E-state index contributed by atoms with van der Waals surface area (Å²) in [6.45, 7) is 4.69. The van der Waals surface area contributed by atoms with Crippen LogP contribution >= 0.6 is 11.6 Å². The summed E-state index contributed by atoms with van der Waals surface area (Å²) in [6.07, 6.45) is 0. The van der Waals surface area contributed by atoms with Crippen molar-refractivity contribution in [2.24, 2.45) is 0 Å². The molecule has 1 saturated heterocycles. The van der Waals surface area contributed by atoms with Gasteiger partial charge in [-0.25, -0.2) is 0 Å². The number of carbonyl (C=O) groups is 1. The molecule has 1 heterocycles. The molecule has 2 aromatic rings. The number of rotatable bonds is 6. The molecule has 1 amide bonds. The average Bonchev–Trinajstić information content (AvgIpc) is 2.64. The third-order valence-electron chi connectivity index (χ3n) is 4.08. The van der Waals surface area contributed by atoms with Crippen molar-refractivity contribution in [2.45, 2.75) is 6.54 Å². The van der Waals surface area contributed by atoms with E-state index in [-0.39, 0.29) is 12.5 Å². The molecule has 0 aliphatic carbocycles.